The molecule has 7 nitrogen and oxygen atoms in total. The van der Waals surface area contributed by atoms with Gasteiger partial charge in [-0.05, 0) is 26.8 Å². The van der Waals surface area contributed by atoms with E-state index in [2.05, 4.69) is 15.6 Å². The van der Waals surface area contributed by atoms with E-state index in [4.69, 9.17) is 4.74 Å². The second-order valence-corrected chi connectivity index (χ2v) is 6.11. The third-order valence-electron chi connectivity index (χ3n) is 3.17. The molecule has 0 aliphatic carbocycles. The molecule has 1 N–H and O–H groups in total. The molecule has 2 aromatic rings. The SMILES string of the molecule is CC(C)(C)NC(=O)C1OC(=O)c2cnnn2-c2ccccc21. The van der Waals surface area contributed by atoms with E-state index in [0.29, 0.717) is 11.3 Å². The van der Waals surface area contributed by atoms with Crippen LogP contribution in [0.5, 0.6) is 0 Å². The van der Waals surface area contributed by atoms with Crippen molar-refractivity contribution in [2.24, 2.45) is 0 Å². The van der Waals surface area contributed by atoms with Gasteiger partial charge in [0, 0.05) is 11.1 Å². The Morgan fingerprint density at radius 1 is 1.32 bits per heavy atom. The molecule has 1 amide bonds. The molecule has 0 bridgehead atoms. The van der Waals surface area contributed by atoms with Crippen LogP contribution < -0.4 is 5.32 Å². The quantitative estimate of drug-likeness (QED) is 0.804. The highest BCUT2D eigenvalue weighted by Crippen LogP contribution is 2.30. The van der Waals surface area contributed by atoms with Crippen LogP contribution >= 0.6 is 0 Å². The number of hydrogen-bond acceptors (Lipinski definition) is 5. The Morgan fingerprint density at radius 2 is 2.05 bits per heavy atom. The lowest BCUT2D eigenvalue weighted by molar-refractivity contribution is -0.131. The number of ether oxygens (including phenoxy) is 1. The van der Waals surface area contributed by atoms with Crippen molar-refractivity contribution in [3.63, 3.8) is 0 Å². The number of para-hydroxylation sites is 1. The molecule has 1 aliphatic rings. The number of cyclic esters (lactones) is 1. The van der Waals surface area contributed by atoms with Gasteiger partial charge in [-0.1, -0.05) is 23.4 Å². The van der Waals surface area contributed by atoms with Gasteiger partial charge in [0.15, 0.2) is 5.69 Å². The molecule has 0 spiro atoms. The Morgan fingerprint density at radius 3 is 2.77 bits per heavy atom. The maximum Gasteiger partial charge on any atom is 0.359 e. The molecule has 0 fully saturated rings. The van der Waals surface area contributed by atoms with Crippen LogP contribution in [0.25, 0.3) is 5.69 Å². The lowest BCUT2D eigenvalue weighted by Crippen LogP contribution is -2.44. The van der Waals surface area contributed by atoms with E-state index in [1.54, 1.807) is 24.3 Å². The fourth-order valence-electron chi connectivity index (χ4n) is 2.32. The lowest BCUT2D eigenvalue weighted by Gasteiger charge is -2.24. The van der Waals surface area contributed by atoms with E-state index in [0.717, 1.165) is 0 Å². The molecule has 2 heterocycles. The van der Waals surface area contributed by atoms with Crippen molar-refractivity contribution < 1.29 is 14.3 Å². The van der Waals surface area contributed by atoms with Crippen LogP contribution in [0, 0.1) is 0 Å². The first-order valence-electron chi connectivity index (χ1n) is 6.90. The molecule has 0 saturated carbocycles. The van der Waals surface area contributed by atoms with Crippen molar-refractivity contribution in [3.05, 3.63) is 41.7 Å². The Bertz CT molecular complexity index is 745. The average Bonchev–Trinajstić information content (AvgIpc) is 2.88. The zero-order valence-corrected chi connectivity index (χ0v) is 12.5. The first-order valence-corrected chi connectivity index (χ1v) is 6.90. The Kier molecular flexibility index (Phi) is 3.20. The first kappa shape index (κ1) is 14.2. The maximum absolute atomic E-state index is 12.5. The second kappa shape index (κ2) is 4.94. The van der Waals surface area contributed by atoms with Gasteiger partial charge in [-0.3, -0.25) is 4.79 Å². The van der Waals surface area contributed by atoms with Crippen molar-refractivity contribution in [1.29, 1.82) is 0 Å². The molecule has 1 atom stereocenters. The molecule has 22 heavy (non-hydrogen) atoms. The highest BCUT2D eigenvalue weighted by molar-refractivity contribution is 5.93. The molecule has 1 aromatic heterocycles. The molecule has 114 valence electrons. The van der Waals surface area contributed by atoms with Crippen LogP contribution in [0.3, 0.4) is 0 Å². The second-order valence-electron chi connectivity index (χ2n) is 6.11. The summed E-state index contributed by atoms with van der Waals surface area (Å²) in [5.74, 6) is -0.998. The van der Waals surface area contributed by atoms with Crippen molar-refractivity contribution in [2.45, 2.75) is 32.4 Å². The van der Waals surface area contributed by atoms with Gasteiger partial charge in [-0.25, -0.2) is 9.48 Å². The van der Waals surface area contributed by atoms with E-state index in [9.17, 15) is 9.59 Å². The zero-order chi connectivity index (χ0) is 15.9. The average molecular weight is 300 g/mol. The number of aromatic nitrogens is 3. The molecule has 7 heteroatoms. The van der Waals surface area contributed by atoms with Crippen LogP contribution in [0.15, 0.2) is 30.5 Å². The van der Waals surface area contributed by atoms with E-state index in [-0.39, 0.29) is 11.6 Å². The summed E-state index contributed by atoms with van der Waals surface area (Å²) in [7, 11) is 0. The van der Waals surface area contributed by atoms with E-state index in [1.165, 1.54) is 10.9 Å². The van der Waals surface area contributed by atoms with Crippen LogP contribution in [0.2, 0.25) is 0 Å². The third-order valence-corrected chi connectivity index (χ3v) is 3.17. The Hall–Kier alpha value is -2.70. The highest BCUT2D eigenvalue weighted by atomic mass is 16.5. The van der Waals surface area contributed by atoms with Crippen molar-refractivity contribution in [2.75, 3.05) is 0 Å². The minimum absolute atomic E-state index is 0.193. The topological polar surface area (TPSA) is 86.1 Å². The van der Waals surface area contributed by atoms with Gasteiger partial charge in [-0.15, -0.1) is 5.10 Å². The van der Waals surface area contributed by atoms with E-state index >= 15 is 0 Å². The summed E-state index contributed by atoms with van der Waals surface area (Å²) in [5.41, 5.74) is 0.940. The van der Waals surface area contributed by atoms with Crippen molar-refractivity contribution in [3.8, 4) is 5.69 Å². The largest absolute Gasteiger partial charge is 0.442 e. The van der Waals surface area contributed by atoms with Crippen LogP contribution in [0.4, 0.5) is 0 Å². The van der Waals surface area contributed by atoms with Gasteiger partial charge < -0.3 is 10.1 Å². The lowest BCUT2D eigenvalue weighted by atomic mass is 10.0. The molecule has 0 radical (unpaired) electrons. The van der Waals surface area contributed by atoms with Gasteiger partial charge >= 0.3 is 5.97 Å². The standard InChI is InChI=1S/C15H16N4O3/c1-15(2,3)17-13(20)12-9-6-4-5-7-10(9)19-11(8-16-18-19)14(21)22-12/h4-8,12H,1-3H3,(H,17,20). The molecule has 3 rings (SSSR count). The predicted octanol–water partition coefficient (Wildman–Crippen LogP) is 1.39. The van der Waals surface area contributed by atoms with Crippen molar-refractivity contribution >= 4 is 11.9 Å². The van der Waals surface area contributed by atoms with Crippen LogP contribution in [-0.2, 0) is 9.53 Å². The normalized spacial score (nSPS) is 17.0. The summed E-state index contributed by atoms with van der Waals surface area (Å²) in [6.07, 6.45) is 0.299. The summed E-state index contributed by atoms with van der Waals surface area (Å²) in [5, 5.41) is 10.5. The van der Waals surface area contributed by atoms with Gasteiger partial charge in [0.2, 0.25) is 6.10 Å². The number of nitrogens with one attached hydrogen (secondary N) is 1. The number of benzene rings is 1. The minimum Gasteiger partial charge on any atom is -0.442 e. The van der Waals surface area contributed by atoms with Gasteiger partial charge in [0.25, 0.3) is 5.91 Å². The summed E-state index contributed by atoms with van der Waals surface area (Å²) in [6, 6.07) is 7.10. The van der Waals surface area contributed by atoms with E-state index < -0.39 is 17.6 Å². The smallest absolute Gasteiger partial charge is 0.359 e. The summed E-state index contributed by atoms with van der Waals surface area (Å²) >= 11 is 0. The first-order chi connectivity index (χ1) is 10.4. The number of hydrogen-bond donors (Lipinski definition) is 1. The molecule has 1 unspecified atom stereocenters. The summed E-state index contributed by atoms with van der Waals surface area (Å²) in [6.45, 7) is 5.60. The Labute approximate surface area is 127 Å². The maximum atomic E-state index is 12.5. The number of fused-ring (bicyclic) bond motifs is 3. The number of rotatable bonds is 1. The molecular weight excluding hydrogens is 284 g/mol. The predicted molar refractivity (Wildman–Crippen MR) is 77.4 cm³/mol. The number of carbonyl (C=O) groups is 2. The number of carbonyl (C=O) groups excluding carboxylic acids is 2. The third kappa shape index (κ3) is 2.45. The van der Waals surface area contributed by atoms with Gasteiger partial charge in [-0.2, -0.15) is 0 Å². The number of nitrogens with zero attached hydrogens (tertiary/aromatic N) is 3. The Balaban J connectivity index is 2.09. The summed E-state index contributed by atoms with van der Waals surface area (Å²) < 4.78 is 6.77. The fraction of sp³-hybridized carbons (Fsp3) is 0.333. The highest BCUT2D eigenvalue weighted by Gasteiger charge is 2.35. The van der Waals surface area contributed by atoms with E-state index in [1.807, 2.05) is 20.8 Å². The zero-order valence-electron chi connectivity index (χ0n) is 12.5. The summed E-state index contributed by atoms with van der Waals surface area (Å²) in [4.78, 5) is 24.7. The van der Waals surface area contributed by atoms with Crippen LogP contribution in [0.1, 0.15) is 42.9 Å². The molecule has 0 saturated heterocycles. The minimum atomic E-state index is -1.02. The molecule has 1 aromatic carbocycles. The number of amides is 1. The van der Waals surface area contributed by atoms with Crippen molar-refractivity contribution in [1.82, 2.24) is 20.3 Å². The molecular formula is C15H16N4O3. The fourth-order valence-corrected chi connectivity index (χ4v) is 2.32. The monoisotopic (exact) mass is 300 g/mol. The van der Waals surface area contributed by atoms with Gasteiger partial charge in [0.1, 0.15) is 0 Å². The van der Waals surface area contributed by atoms with Crippen LogP contribution in [-0.4, -0.2) is 32.4 Å². The van der Waals surface area contributed by atoms with Gasteiger partial charge in [0.05, 0.1) is 11.9 Å². The molecule has 1 aliphatic heterocycles. The number of esters is 1.